The monoisotopic (exact) mass is 389 g/mol. The highest BCUT2D eigenvalue weighted by molar-refractivity contribution is 5.32. The van der Waals surface area contributed by atoms with E-state index in [0.717, 1.165) is 11.6 Å². The zero-order valence-corrected chi connectivity index (χ0v) is 20.0. The minimum Gasteiger partial charge on any atom is -0.399 e. The van der Waals surface area contributed by atoms with Crippen LogP contribution in [0.1, 0.15) is 131 Å². The molecule has 1 unspecified atom stereocenters. The average Bonchev–Trinajstić information content (AvgIpc) is 2.64. The number of hydrogen-bond acceptors (Lipinski definition) is 1. The van der Waals surface area contributed by atoms with Gasteiger partial charge in [0.25, 0.3) is 0 Å². The van der Waals surface area contributed by atoms with Crippen molar-refractivity contribution in [3.8, 4) is 0 Å². The molecule has 0 aromatic heterocycles. The summed E-state index contributed by atoms with van der Waals surface area (Å²) in [6, 6.07) is 0. The summed E-state index contributed by atoms with van der Waals surface area (Å²) in [5, 5.41) is 0. The van der Waals surface area contributed by atoms with E-state index in [1.807, 2.05) is 0 Å². The maximum absolute atomic E-state index is 6.74. The van der Waals surface area contributed by atoms with Gasteiger partial charge in [-0.25, -0.2) is 0 Å². The fraction of sp³-hybridized carbons (Fsp3) is 0.852. The van der Waals surface area contributed by atoms with Gasteiger partial charge in [0.05, 0.1) is 0 Å². The Bertz CT molecular complexity index is 443. The summed E-state index contributed by atoms with van der Waals surface area (Å²) in [7, 11) is 0. The van der Waals surface area contributed by atoms with Gasteiger partial charge in [-0.1, -0.05) is 104 Å². The van der Waals surface area contributed by atoms with Gasteiger partial charge in [-0.3, -0.25) is 0 Å². The largest absolute Gasteiger partial charge is 0.399 e. The molecule has 164 valence electrons. The highest BCUT2D eigenvalue weighted by atomic mass is 14.6. The second-order valence-electron chi connectivity index (χ2n) is 9.52. The molecule has 0 saturated heterocycles. The van der Waals surface area contributed by atoms with Crippen LogP contribution in [0.4, 0.5) is 0 Å². The lowest BCUT2D eigenvalue weighted by Crippen LogP contribution is -2.37. The summed E-state index contributed by atoms with van der Waals surface area (Å²) in [5.74, 6) is 1.42. The van der Waals surface area contributed by atoms with Crippen molar-refractivity contribution in [2.24, 2.45) is 23.0 Å². The highest BCUT2D eigenvalue weighted by Gasteiger charge is 2.41. The van der Waals surface area contributed by atoms with Crippen molar-refractivity contribution in [1.29, 1.82) is 0 Å². The van der Waals surface area contributed by atoms with Crippen LogP contribution in [-0.2, 0) is 0 Å². The van der Waals surface area contributed by atoms with E-state index in [1.54, 1.807) is 0 Å². The molecule has 1 aliphatic carbocycles. The smallest absolute Gasteiger partial charge is 0.0311 e. The number of hydrogen-bond donors (Lipinski definition) is 1. The van der Waals surface area contributed by atoms with E-state index in [9.17, 15) is 0 Å². The minimum absolute atomic E-state index is 0.392. The number of unbranched alkanes of at least 4 members (excludes halogenated alkanes) is 6. The zero-order valence-electron chi connectivity index (χ0n) is 20.0. The predicted molar refractivity (Wildman–Crippen MR) is 127 cm³/mol. The lowest BCUT2D eigenvalue weighted by Gasteiger charge is -2.47. The van der Waals surface area contributed by atoms with Gasteiger partial charge in [-0.05, 0) is 61.9 Å². The van der Waals surface area contributed by atoms with Crippen LogP contribution >= 0.6 is 0 Å². The maximum Gasteiger partial charge on any atom is 0.0311 e. The van der Waals surface area contributed by atoms with Gasteiger partial charge in [-0.2, -0.15) is 0 Å². The van der Waals surface area contributed by atoms with E-state index < -0.39 is 0 Å². The summed E-state index contributed by atoms with van der Waals surface area (Å²) >= 11 is 0. The van der Waals surface area contributed by atoms with Crippen LogP contribution in [-0.4, -0.2) is 0 Å². The zero-order chi connectivity index (χ0) is 20.8. The standard InChI is InChI=1S/C27H51N/c1-6-10-12-14-18-24(19-15-13-11-7-2)27(20-16-21-27)22-26(28)25(9-4)23(5)17-8-3/h9,22-24H,6-8,10-21,28H2,1-5H3/b25-9+,26-22-. The molecule has 0 heterocycles. The van der Waals surface area contributed by atoms with Crippen LogP contribution in [0.2, 0.25) is 0 Å². The predicted octanol–water partition coefficient (Wildman–Crippen LogP) is 8.94. The number of rotatable bonds is 16. The summed E-state index contributed by atoms with van der Waals surface area (Å²) < 4.78 is 0. The average molecular weight is 390 g/mol. The summed E-state index contributed by atoms with van der Waals surface area (Å²) in [4.78, 5) is 0. The molecule has 0 aromatic carbocycles. The molecule has 1 saturated carbocycles. The van der Waals surface area contributed by atoms with Crippen LogP contribution in [0.15, 0.2) is 23.4 Å². The van der Waals surface area contributed by atoms with E-state index in [1.165, 1.54) is 102 Å². The maximum atomic E-state index is 6.74. The van der Waals surface area contributed by atoms with Crippen molar-refractivity contribution >= 4 is 0 Å². The molecule has 1 heteroatoms. The molecule has 1 rings (SSSR count). The molecule has 0 aliphatic heterocycles. The molecule has 0 amide bonds. The first-order valence-corrected chi connectivity index (χ1v) is 12.7. The second kappa shape index (κ2) is 14.3. The Balaban J connectivity index is 2.90. The molecule has 0 bridgehead atoms. The molecule has 2 N–H and O–H groups in total. The molecular weight excluding hydrogens is 338 g/mol. The first-order chi connectivity index (χ1) is 13.5. The highest BCUT2D eigenvalue weighted by Crippen LogP contribution is 2.52. The summed E-state index contributed by atoms with van der Waals surface area (Å²) in [6.07, 6.45) is 25.3. The molecule has 0 radical (unpaired) electrons. The van der Waals surface area contributed by atoms with Crippen molar-refractivity contribution in [1.82, 2.24) is 0 Å². The van der Waals surface area contributed by atoms with Gasteiger partial charge >= 0.3 is 0 Å². The van der Waals surface area contributed by atoms with E-state index in [-0.39, 0.29) is 0 Å². The van der Waals surface area contributed by atoms with Gasteiger partial charge < -0.3 is 5.73 Å². The van der Waals surface area contributed by atoms with Crippen LogP contribution in [0.5, 0.6) is 0 Å². The Labute approximate surface area is 177 Å². The van der Waals surface area contributed by atoms with Gasteiger partial charge in [-0.15, -0.1) is 0 Å². The summed E-state index contributed by atoms with van der Waals surface area (Å²) in [6.45, 7) is 11.4. The van der Waals surface area contributed by atoms with Crippen molar-refractivity contribution in [3.05, 3.63) is 23.4 Å². The topological polar surface area (TPSA) is 26.0 Å². The van der Waals surface area contributed by atoms with Crippen LogP contribution < -0.4 is 5.73 Å². The van der Waals surface area contributed by atoms with Crippen LogP contribution in [0, 0.1) is 17.3 Å². The van der Waals surface area contributed by atoms with Crippen molar-refractivity contribution in [2.45, 2.75) is 131 Å². The first kappa shape index (κ1) is 25.3. The Morgan fingerprint density at radius 2 is 1.43 bits per heavy atom. The number of nitrogens with two attached hydrogens (primary N) is 1. The van der Waals surface area contributed by atoms with E-state index >= 15 is 0 Å². The van der Waals surface area contributed by atoms with Crippen LogP contribution in [0.3, 0.4) is 0 Å². The molecule has 0 aromatic rings. The molecule has 1 nitrogen and oxygen atoms in total. The van der Waals surface area contributed by atoms with E-state index in [2.05, 4.69) is 46.8 Å². The van der Waals surface area contributed by atoms with E-state index in [4.69, 9.17) is 5.73 Å². The Kier molecular flexibility index (Phi) is 12.9. The lowest BCUT2D eigenvalue weighted by atomic mass is 9.58. The molecule has 1 fully saturated rings. The molecule has 0 spiro atoms. The fourth-order valence-corrected chi connectivity index (χ4v) is 5.33. The van der Waals surface area contributed by atoms with Gasteiger partial charge in [0.2, 0.25) is 0 Å². The Morgan fingerprint density at radius 3 is 1.82 bits per heavy atom. The number of allylic oxidation sites excluding steroid dienone is 3. The molecule has 1 aliphatic rings. The quantitative estimate of drug-likeness (QED) is 0.207. The molecule has 28 heavy (non-hydrogen) atoms. The molecule has 1 atom stereocenters. The third-order valence-corrected chi connectivity index (χ3v) is 7.25. The van der Waals surface area contributed by atoms with E-state index in [0.29, 0.717) is 11.3 Å². The van der Waals surface area contributed by atoms with Gasteiger partial charge in [0.1, 0.15) is 0 Å². The normalized spacial score (nSPS) is 18.4. The fourth-order valence-electron chi connectivity index (χ4n) is 5.33. The lowest BCUT2D eigenvalue weighted by molar-refractivity contribution is 0.0883. The first-order valence-electron chi connectivity index (χ1n) is 12.7. The summed E-state index contributed by atoms with van der Waals surface area (Å²) in [5.41, 5.74) is 9.62. The van der Waals surface area contributed by atoms with Gasteiger partial charge in [0, 0.05) is 5.70 Å². The van der Waals surface area contributed by atoms with Gasteiger partial charge in [0.15, 0.2) is 0 Å². The van der Waals surface area contributed by atoms with Crippen LogP contribution in [0.25, 0.3) is 0 Å². The third-order valence-electron chi connectivity index (χ3n) is 7.25. The second-order valence-corrected chi connectivity index (χ2v) is 9.52. The molecular formula is C27H51N. The third kappa shape index (κ3) is 7.96. The Morgan fingerprint density at radius 1 is 0.857 bits per heavy atom. The van der Waals surface area contributed by atoms with Crippen molar-refractivity contribution in [3.63, 3.8) is 0 Å². The SMILES string of the molecule is C/C=C(/C(N)=C/C1(C(CCCCCC)CCCCCC)CCC1)C(C)CCC. The van der Waals surface area contributed by atoms with Crippen molar-refractivity contribution < 1.29 is 0 Å². The Hall–Kier alpha value is -0.720. The van der Waals surface area contributed by atoms with Crippen molar-refractivity contribution in [2.75, 3.05) is 0 Å². The minimum atomic E-state index is 0.392.